The second-order valence-corrected chi connectivity index (χ2v) is 6.13. The third kappa shape index (κ3) is 4.15. The highest BCUT2D eigenvalue weighted by atomic mass is 35.5. The van der Waals surface area contributed by atoms with Gasteiger partial charge in [0.1, 0.15) is 17.7 Å². The molecule has 0 radical (unpaired) electrons. The van der Waals surface area contributed by atoms with E-state index in [0.29, 0.717) is 33.3 Å². The molecule has 1 aromatic heterocycles. The maximum Gasteiger partial charge on any atom is 0.166 e. The highest BCUT2D eigenvalue weighted by molar-refractivity contribution is 6.31. The Morgan fingerprint density at radius 1 is 1.41 bits per heavy atom. The quantitative estimate of drug-likeness (QED) is 0.675. The van der Waals surface area contributed by atoms with Gasteiger partial charge in [0.2, 0.25) is 0 Å². The molecule has 1 unspecified atom stereocenters. The topological polar surface area (TPSA) is 96.4 Å². The largest absolute Gasteiger partial charge is 0.482 e. The lowest BCUT2D eigenvalue weighted by molar-refractivity contribution is 0.227. The minimum absolute atomic E-state index is 0.174. The normalized spacial score (nSPS) is 15.8. The first-order chi connectivity index (χ1) is 13.0. The highest BCUT2D eigenvalue weighted by Crippen LogP contribution is 2.32. The van der Waals surface area contributed by atoms with Gasteiger partial charge in [-0.2, -0.15) is 0 Å². The van der Waals surface area contributed by atoms with Gasteiger partial charge >= 0.3 is 0 Å². The van der Waals surface area contributed by atoms with Crippen molar-refractivity contribution in [1.82, 2.24) is 10.3 Å². The standard InChI is InChI=1S/C19H17ClFN5O/c1-11(14-8-13(21)3-4-16(14)20)27-17-7-12(10-26-18(17)23)15(9-22)19-24-5-2-6-25-19/h2-11,22,24H,1H3,(H2,23,26)/b19-15-,22-9?. The maximum absolute atomic E-state index is 13.5. The van der Waals surface area contributed by atoms with Gasteiger partial charge in [-0.05, 0) is 37.3 Å². The smallest absolute Gasteiger partial charge is 0.166 e. The van der Waals surface area contributed by atoms with Crippen LogP contribution in [0.1, 0.15) is 24.2 Å². The van der Waals surface area contributed by atoms with E-state index in [4.69, 9.17) is 27.5 Å². The van der Waals surface area contributed by atoms with Crippen molar-refractivity contribution >= 4 is 35.4 Å². The van der Waals surface area contributed by atoms with Gasteiger partial charge < -0.3 is 21.2 Å². The van der Waals surface area contributed by atoms with Crippen LogP contribution >= 0.6 is 11.6 Å². The molecule has 3 rings (SSSR count). The molecular formula is C19H17ClFN5O. The van der Waals surface area contributed by atoms with E-state index in [2.05, 4.69) is 15.3 Å². The molecule has 0 saturated carbocycles. The second kappa shape index (κ2) is 8.01. The van der Waals surface area contributed by atoms with Crippen molar-refractivity contribution in [2.45, 2.75) is 13.0 Å². The molecule has 1 aliphatic heterocycles. The van der Waals surface area contributed by atoms with Crippen molar-refractivity contribution in [3.63, 3.8) is 0 Å². The zero-order valence-corrected chi connectivity index (χ0v) is 15.2. The Morgan fingerprint density at radius 3 is 2.93 bits per heavy atom. The lowest BCUT2D eigenvalue weighted by atomic mass is 10.1. The Kier molecular flexibility index (Phi) is 5.52. The summed E-state index contributed by atoms with van der Waals surface area (Å²) < 4.78 is 19.4. The monoisotopic (exact) mass is 385 g/mol. The number of hydrogen-bond donors (Lipinski definition) is 3. The lowest BCUT2D eigenvalue weighted by Gasteiger charge is -2.18. The van der Waals surface area contributed by atoms with E-state index in [0.717, 1.165) is 0 Å². The van der Waals surface area contributed by atoms with Crippen LogP contribution in [0, 0.1) is 11.2 Å². The van der Waals surface area contributed by atoms with Gasteiger partial charge in [-0.1, -0.05) is 11.6 Å². The summed E-state index contributed by atoms with van der Waals surface area (Å²) in [6, 6.07) is 5.74. The summed E-state index contributed by atoms with van der Waals surface area (Å²) in [5.74, 6) is 0.573. The number of nitrogens with two attached hydrogens (primary N) is 1. The number of nitrogen functional groups attached to an aromatic ring is 1. The number of ether oxygens (including phenoxy) is 1. The Morgan fingerprint density at radius 2 is 2.22 bits per heavy atom. The zero-order chi connectivity index (χ0) is 19.4. The molecule has 0 bridgehead atoms. The van der Waals surface area contributed by atoms with E-state index in [9.17, 15) is 4.39 Å². The summed E-state index contributed by atoms with van der Waals surface area (Å²) in [6.07, 6.45) is 7.21. The van der Waals surface area contributed by atoms with Gasteiger partial charge in [0.05, 0.1) is 0 Å². The fourth-order valence-electron chi connectivity index (χ4n) is 2.54. The molecule has 0 saturated heterocycles. The molecule has 0 amide bonds. The van der Waals surface area contributed by atoms with Crippen molar-refractivity contribution in [3.05, 3.63) is 70.5 Å². The van der Waals surface area contributed by atoms with E-state index in [1.54, 1.807) is 31.5 Å². The number of anilines is 1. The third-order valence-corrected chi connectivity index (χ3v) is 4.24. The molecule has 138 valence electrons. The Labute approximate surface area is 160 Å². The molecule has 1 aliphatic rings. The maximum atomic E-state index is 13.5. The van der Waals surface area contributed by atoms with Crippen LogP contribution in [0.4, 0.5) is 10.2 Å². The molecule has 0 spiro atoms. The van der Waals surface area contributed by atoms with Gasteiger partial charge in [0.25, 0.3) is 0 Å². The first-order valence-electron chi connectivity index (χ1n) is 8.07. The fourth-order valence-corrected chi connectivity index (χ4v) is 2.81. The number of benzene rings is 1. The SMILES string of the molecule is CC(Oc1cc(/C(C=N)=C2\N=CC=CN2)cnc1N)c1cc(F)ccc1Cl. The molecule has 6 nitrogen and oxygen atoms in total. The molecule has 1 atom stereocenters. The summed E-state index contributed by atoms with van der Waals surface area (Å²) >= 11 is 6.14. The van der Waals surface area contributed by atoms with Crippen molar-refractivity contribution < 1.29 is 9.13 Å². The van der Waals surface area contributed by atoms with E-state index in [1.165, 1.54) is 30.6 Å². The number of allylic oxidation sites excluding steroid dienone is 2. The molecule has 8 heteroatoms. The van der Waals surface area contributed by atoms with E-state index >= 15 is 0 Å². The number of halogens is 2. The van der Waals surface area contributed by atoms with Crippen LogP contribution in [-0.2, 0) is 0 Å². The van der Waals surface area contributed by atoms with Crippen LogP contribution in [-0.4, -0.2) is 17.4 Å². The number of pyridine rings is 1. The van der Waals surface area contributed by atoms with Gasteiger partial charge in [0, 0.05) is 46.5 Å². The fraction of sp³-hybridized carbons (Fsp3) is 0.105. The molecule has 0 fully saturated rings. The predicted molar refractivity (Wildman–Crippen MR) is 106 cm³/mol. The number of nitrogens with one attached hydrogen (secondary N) is 2. The van der Waals surface area contributed by atoms with Crippen molar-refractivity contribution in [2.24, 2.45) is 4.99 Å². The van der Waals surface area contributed by atoms with Gasteiger partial charge in [-0.15, -0.1) is 0 Å². The van der Waals surface area contributed by atoms with Crippen LogP contribution in [0.15, 0.2) is 53.6 Å². The molecule has 1 aromatic carbocycles. The minimum atomic E-state index is -0.558. The molecule has 27 heavy (non-hydrogen) atoms. The number of nitrogens with zero attached hydrogens (tertiary/aromatic N) is 2. The summed E-state index contributed by atoms with van der Waals surface area (Å²) in [5.41, 5.74) is 7.54. The van der Waals surface area contributed by atoms with Crippen molar-refractivity contribution in [3.8, 4) is 5.75 Å². The zero-order valence-electron chi connectivity index (χ0n) is 14.4. The van der Waals surface area contributed by atoms with Crippen LogP contribution in [0.25, 0.3) is 5.57 Å². The number of aromatic nitrogens is 1. The van der Waals surface area contributed by atoms with Crippen LogP contribution in [0.3, 0.4) is 0 Å². The van der Waals surface area contributed by atoms with E-state index < -0.39 is 11.9 Å². The molecule has 0 aliphatic carbocycles. The Bertz CT molecular complexity index is 971. The van der Waals surface area contributed by atoms with Gasteiger partial charge in [0.15, 0.2) is 11.6 Å². The van der Waals surface area contributed by atoms with Crippen molar-refractivity contribution in [2.75, 3.05) is 5.73 Å². The summed E-state index contributed by atoms with van der Waals surface area (Å²) in [7, 11) is 0. The second-order valence-electron chi connectivity index (χ2n) is 5.72. The molecule has 2 heterocycles. The lowest BCUT2D eigenvalue weighted by Crippen LogP contribution is -2.11. The summed E-state index contributed by atoms with van der Waals surface area (Å²) in [4.78, 5) is 8.35. The number of hydrogen-bond acceptors (Lipinski definition) is 6. The third-order valence-electron chi connectivity index (χ3n) is 3.90. The van der Waals surface area contributed by atoms with E-state index in [-0.39, 0.29) is 5.82 Å². The first-order valence-corrected chi connectivity index (χ1v) is 8.45. The van der Waals surface area contributed by atoms with Crippen LogP contribution < -0.4 is 15.8 Å². The molecular weight excluding hydrogens is 369 g/mol. The minimum Gasteiger partial charge on any atom is -0.482 e. The summed E-state index contributed by atoms with van der Waals surface area (Å²) in [5, 5.41) is 11.1. The van der Waals surface area contributed by atoms with Gasteiger partial charge in [-0.25, -0.2) is 14.4 Å². The summed E-state index contributed by atoms with van der Waals surface area (Å²) in [6.45, 7) is 1.74. The Balaban J connectivity index is 1.94. The average molecular weight is 386 g/mol. The number of aliphatic imine (C=N–C) groups is 1. The van der Waals surface area contributed by atoms with Crippen molar-refractivity contribution in [1.29, 1.82) is 5.41 Å². The van der Waals surface area contributed by atoms with Crippen LogP contribution in [0.2, 0.25) is 5.02 Å². The van der Waals surface area contributed by atoms with E-state index in [1.807, 2.05) is 0 Å². The molecule has 4 N–H and O–H groups in total. The molecule has 2 aromatic rings. The van der Waals surface area contributed by atoms with Crippen LogP contribution in [0.5, 0.6) is 5.75 Å². The highest BCUT2D eigenvalue weighted by Gasteiger charge is 2.16. The average Bonchev–Trinajstić information content (AvgIpc) is 2.67. The number of rotatable bonds is 5. The Hall–Kier alpha value is -3.19. The van der Waals surface area contributed by atoms with Gasteiger partial charge in [-0.3, -0.25) is 0 Å². The predicted octanol–water partition coefficient (Wildman–Crippen LogP) is 4.10. The first kappa shape index (κ1) is 18.6.